The number of aryl methyl sites for hydroxylation is 1. The average molecular weight is 318 g/mol. The smallest absolute Gasteiger partial charge is 0.320 e. The van der Waals surface area contributed by atoms with Gasteiger partial charge in [-0.05, 0) is 24.8 Å². The van der Waals surface area contributed by atoms with Gasteiger partial charge in [0.05, 0.1) is 0 Å². The number of hydrogen-bond donors (Lipinski definition) is 1. The topological polar surface area (TPSA) is 60.9 Å². The van der Waals surface area contributed by atoms with Crippen LogP contribution in [-0.2, 0) is 16.0 Å². The lowest BCUT2D eigenvalue weighted by Gasteiger charge is -2.26. The molecule has 0 radical (unpaired) electrons. The van der Waals surface area contributed by atoms with Crippen LogP contribution in [0.5, 0.6) is 0 Å². The SMILES string of the molecule is CC[C@H](C(=O)O)N1CCCN(C(=O)CCc2ccccc2)CC1. The Morgan fingerprint density at radius 3 is 2.52 bits per heavy atom. The van der Waals surface area contributed by atoms with Crippen LogP contribution in [0.1, 0.15) is 31.7 Å². The standard InChI is InChI=1S/C18H26N2O3/c1-2-16(18(22)23)19-11-6-12-20(14-13-19)17(21)10-9-15-7-4-3-5-8-15/h3-5,7-8,16H,2,6,9-14H2,1H3,(H,22,23)/t16-/m1/s1. The summed E-state index contributed by atoms with van der Waals surface area (Å²) in [6.07, 6.45) is 2.70. The predicted octanol–water partition coefficient (Wildman–Crippen LogP) is 2.02. The lowest BCUT2D eigenvalue weighted by molar-refractivity contribution is -0.143. The first-order valence-electron chi connectivity index (χ1n) is 8.40. The number of carbonyl (C=O) groups excluding carboxylic acids is 1. The van der Waals surface area contributed by atoms with Crippen LogP contribution in [-0.4, -0.2) is 59.0 Å². The fourth-order valence-electron chi connectivity index (χ4n) is 3.14. The summed E-state index contributed by atoms with van der Waals surface area (Å²) in [6.45, 7) is 4.62. The number of amides is 1. The minimum atomic E-state index is -0.767. The number of rotatable bonds is 6. The molecule has 0 aliphatic carbocycles. The number of nitrogens with zero attached hydrogens (tertiary/aromatic N) is 2. The largest absolute Gasteiger partial charge is 0.480 e. The van der Waals surface area contributed by atoms with Gasteiger partial charge in [0, 0.05) is 32.6 Å². The third kappa shape index (κ3) is 5.06. The number of hydrogen-bond acceptors (Lipinski definition) is 3. The molecule has 1 N–H and O–H groups in total. The second kappa shape index (κ2) is 8.67. The van der Waals surface area contributed by atoms with Crippen molar-refractivity contribution >= 4 is 11.9 Å². The van der Waals surface area contributed by atoms with Crippen LogP contribution in [0.4, 0.5) is 0 Å². The van der Waals surface area contributed by atoms with E-state index in [4.69, 9.17) is 0 Å². The Kier molecular flexibility index (Phi) is 6.59. The summed E-state index contributed by atoms with van der Waals surface area (Å²) in [7, 11) is 0. The van der Waals surface area contributed by atoms with Gasteiger partial charge in [-0.1, -0.05) is 37.3 Å². The molecule has 23 heavy (non-hydrogen) atoms. The molecule has 5 heteroatoms. The van der Waals surface area contributed by atoms with E-state index < -0.39 is 12.0 Å². The van der Waals surface area contributed by atoms with Gasteiger partial charge in [0.1, 0.15) is 6.04 Å². The van der Waals surface area contributed by atoms with Gasteiger partial charge in [0.2, 0.25) is 5.91 Å². The zero-order chi connectivity index (χ0) is 16.7. The molecule has 2 rings (SSSR count). The summed E-state index contributed by atoms with van der Waals surface area (Å²) in [6, 6.07) is 9.59. The molecule has 1 heterocycles. The molecule has 0 aromatic heterocycles. The third-order valence-corrected chi connectivity index (χ3v) is 4.47. The van der Waals surface area contributed by atoms with E-state index in [0.29, 0.717) is 25.9 Å². The van der Waals surface area contributed by atoms with Crippen molar-refractivity contribution in [3.05, 3.63) is 35.9 Å². The van der Waals surface area contributed by atoms with E-state index in [9.17, 15) is 14.7 Å². The molecule has 1 aromatic carbocycles. The van der Waals surface area contributed by atoms with Gasteiger partial charge in [0.15, 0.2) is 0 Å². The summed E-state index contributed by atoms with van der Waals surface area (Å²) in [5.41, 5.74) is 1.18. The Morgan fingerprint density at radius 1 is 1.13 bits per heavy atom. The Bertz CT molecular complexity index is 518. The molecule has 0 unspecified atom stereocenters. The first-order valence-corrected chi connectivity index (χ1v) is 8.40. The molecule has 1 aliphatic rings. The predicted molar refractivity (Wildman–Crippen MR) is 89.2 cm³/mol. The number of carbonyl (C=O) groups is 2. The fourth-order valence-corrected chi connectivity index (χ4v) is 3.14. The minimum Gasteiger partial charge on any atom is -0.480 e. The van der Waals surface area contributed by atoms with Crippen LogP contribution in [0.2, 0.25) is 0 Å². The first kappa shape index (κ1) is 17.5. The zero-order valence-electron chi connectivity index (χ0n) is 13.8. The Morgan fingerprint density at radius 2 is 1.87 bits per heavy atom. The zero-order valence-corrected chi connectivity index (χ0v) is 13.8. The second-order valence-corrected chi connectivity index (χ2v) is 6.02. The molecular formula is C18H26N2O3. The van der Waals surface area contributed by atoms with Crippen LogP contribution >= 0.6 is 0 Å². The molecule has 1 atom stereocenters. The van der Waals surface area contributed by atoms with E-state index in [1.165, 1.54) is 5.56 Å². The molecule has 0 spiro atoms. The normalized spacial score (nSPS) is 17.5. The van der Waals surface area contributed by atoms with E-state index in [1.807, 2.05) is 47.1 Å². The van der Waals surface area contributed by atoms with Crippen molar-refractivity contribution in [3.63, 3.8) is 0 Å². The quantitative estimate of drug-likeness (QED) is 0.872. The summed E-state index contributed by atoms with van der Waals surface area (Å²) in [5, 5.41) is 9.28. The molecule has 1 aliphatic heterocycles. The average Bonchev–Trinajstić information content (AvgIpc) is 2.80. The highest BCUT2D eigenvalue weighted by molar-refractivity contribution is 5.76. The monoisotopic (exact) mass is 318 g/mol. The molecule has 126 valence electrons. The molecule has 5 nitrogen and oxygen atoms in total. The summed E-state index contributed by atoms with van der Waals surface area (Å²) in [5.74, 6) is -0.601. The van der Waals surface area contributed by atoms with Gasteiger partial charge in [-0.2, -0.15) is 0 Å². The summed E-state index contributed by atoms with van der Waals surface area (Å²) in [4.78, 5) is 27.6. The van der Waals surface area contributed by atoms with Gasteiger partial charge >= 0.3 is 5.97 Å². The maximum Gasteiger partial charge on any atom is 0.320 e. The number of benzene rings is 1. The molecule has 1 fully saturated rings. The minimum absolute atomic E-state index is 0.166. The number of carboxylic acid groups (broad SMARTS) is 1. The van der Waals surface area contributed by atoms with Crippen molar-refractivity contribution in [1.29, 1.82) is 0 Å². The highest BCUT2D eigenvalue weighted by Gasteiger charge is 2.27. The van der Waals surface area contributed by atoms with Crippen LogP contribution in [0, 0.1) is 0 Å². The van der Waals surface area contributed by atoms with Crippen molar-refractivity contribution in [1.82, 2.24) is 9.80 Å². The van der Waals surface area contributed by atoms with Gasteiger partial charge in [-0.25, -0.2) is 0 Å². The number of carboxylic acids is 1. The Balaban J connectivity index is 1.84. The van der Waals surface area contributed by atoms with Crippen molar-refractivity contribution in [3.8, 4) is 0 Å². The summed E-state index contributed by atoms with van der Waals surface area (Å²) < 4.78 is 0. The highest BCUT2D eigenvalue weighted by atomic mass is 16.4. The van der Waals surface area contributed by atoms with Crippen molar-refractivity contribution in [2.45, 2.75) is 38.6 Å². The van der Waals surface area contributed by atoms with Crippen molar-refractivity contribution in [2.75, 3.05) is 26.2 Å². The second-order valence-electron chi connectivity index (χ2n) is 6.02. The lowest BCUT2D eigenvalue weighted by atomic mass is 10.1. The van der Waals surface area contributed by atoms with E-state index in [2.05, 4.69) is 0 Å². The molecule has 1 saturated heterocycles. The highest BCUT2D eigenvalue weighted by Crippen LogP contribution is 2.12. The third-order valence-electron chi connectivity index (χ3n) is 4.47. The van der Waals surface area contributed by atoms with Crippen LogP contribution in [0.3, 0.4) is 0 Å². The van der Waals surface area contributed by atoms with E-state index in [1.54, 1.807) is 0 Å². The molecule has 0 saturated carbocycles. The number of aliphatic carboxylic acids is 1. The van der Waals surface area contributed by atoms with Crippen LogP contribution in [0.25, 0.3) is 0 Å². The van der Waals surface area contributed by atoms with Crippen LogP contribution in [0.15, 0.2) is 30.3 Å². The molecule has 0 bridgehead atoms. The van der Waals surface area contributed by atoms with Crippen molar-refractivity contribution < 1.29 is 14.7 Å². The first-order chi connectivity index (χ1) is 11.1. The maximum atomic E-state index is 12.4. The van der Waals surface area contributed by atoms with Gasteiger partial charge in [-0.15, -0.1) is 0 Å². The van der Waals surface area contributed by atoms with E-state index in [-0.39, 0.29) is 5.91 Å². The van der Waals surface area contributed by atoms with E-state index in [0.717, 1.165) is 25.9 Å². The molecular weight excluding hydrogens is 292 g/mol. The van der Waals surface area contributed by atoms with Gasteiger partial charge in [0.25, 0.3) is 0 Å². The lowest BCUT2D eigenvalue weighted by Crippen LogP contribution is -2.43. The van der Waals surface area contributed by atoms with Gasteiger partial charge < -0.3 is 10.0 Å². The van der Waals surface area contributed by atoms with E-state index >= 15 is 0 Å². The summed E-state index contributed by atoms with van der Waals surface area (Å²) >= 11 is 0. The fraction of sp³-hybridized carbons (Fsp3) is 0.556. The maximum absolute atomic E-state index is 12.4. The molecule has 1 aromatic rings. The Hall–Kier alpha value is -1.88. The van der Waals surface area contributed by atoms with Crippen molar-refractivity contribution in [2.24, 2.45) is 0 Å². The molecule has 1 amide bonds. The Labute approximate surface area is 137 Å². The van der Waals surface area contributed by atoms with Gasteiger partial charge in [-0.3, -0.25) is 14.5 Å². The van der Waals surface area contributed by atoms with Crippen LogP contribution < -0.4 is 0 Å².